The summed E-state index contributed by atoms with van der Waals surface area (Å²) >= 11 is 4.63. The van der Waals surface area contributed by atoms with Crippen molar-refractivity contribution < 1.29 is 8.42 Å². The fourth-order valence-electron chi connectivity index (χ4n) is 3.07. The van der Waals surface area contributed by atoms with Crippen molar-refractivity contribution in [2.24, 2.45) is 0 Å². The quantitative estimate of drug-likeness (QED) is 0.808. The summed E-state index contributed by atoms with van der Waals surface area (Å²) in [6.07, 6.45) is 2.30. The van der Waals surface area contributed by atoms with Gasteiger partial charge in [-0.2, -0.15) is 4.31 Å². The molecular formula is C12H17BrN2O2S2. The Bertz CT molecular complexity index is 572. The van der Waals surface area contributed by atoms with Gasteiger partial charge in [0.2, 0.25) is 0 Å². The van der Waals surface area contributed by atoms with E-state index in [0.29, 0.717) is 21.3 Å². The number of fused-ring (bicyclic) bond motifs is 1. The molecule has 2 unspecified atom stereocenters. The predicted molar refractivity (Wildman–Crippen MR) is 80.0 cm³/mol. The van der Waals surface area contributed by atoms with Crippen LogP contribution in [0.15, 0.2) is 20.1 Å². The summed E-state index contributed by atoms with van der Waals surface area (Å²) in [5, 5.41) is 1.81. The minimum atomic E-state index is -3.36. The van der Waals surface area contributed by atoms with Crippen LogP contribution in [0.3, 0.4) is 0 Å². The number of nitrogens with zero attached hydrogens (tertiary/aromatic N) is 2. The normalized spacial score (nSPS) is 29.6. The Kier molecular flexibility index (Phi) is 3.77. The molecule has 106 valence electrons. The van der Waals surface area contributed by atoms with E-state index >= 15 is 0 Å². The van der Waals surface area contributed by atoms with E-state index in [1.807, 2.05) is 12.3 Å². The molecule has 4 nitrogen and oxygen atoms in total. The van der Waals surface area contributed by atoms with Gasteiger partial charge in [-0.05, 0) is 53.7 Å². The molecule has 2 fully saturated rings. The predicted octanol–water partition coefficient (Wildman–Crippen LogP) is 2.37. The van der Waals surface area contributed by atoms with Crippen LogP contribution in [-0.4, -0.2) is 49.3 Å². The molecule has 1 aromatic rings. The van der Waals surface area contributed by atoms with E-state index in [2.05, 4.69) is 20.8 Å². The summed E-state index contributed by atoms with van der Waals surface area (Å²) < 4.78 is 28.3. The monoisotopic (exact) mass is 364 g/mol. The average molecular weight is 365 g/mol. The summed E-state index contributed by atoms with van der Waals surface area (Å²) in [7, 11) is -3.36. The van der Waals surface area contributed by atoms with Crippen molar-refractivity contribution in [1.29, 1.82) is 0 Å². The van der Waals surface area contributed by atoms with Gasteiger partial charge in [-0.15, -0.1) is 11.3 Å². The second-order valence-corrected chi connectivity index (χ2v) is 9.13. The average Bonchev–Trinajstić information content (AvgIpc) is 2.95. The highest BCUT2D eigenvalue weighted by atomic mass is 79.9. The van der Waals surface area contributed by atoms with Crippen molar-refractivity contribution in [3.63, 3.8) is 0 Å². The van der Waals surface area contributed by atoms with E-state index < -0.39 is 10.0 Å². The Morgan fingerprint density at radius 3 is 2.89 bits per heavy atom. The molecule has 7 heteroatoms. The lowest BCUT2D eigenvalue weighted by Crippen LogP contribution is -2.56. The van der Waals surface area contributed by atoms with Crippen LogP contribution in [0.2, 0.25) is 0 Å². The zero-order chi connectivity index (χ0) is 13.6. The molecule has 2 aliphatic heterocycles. The van der Waals surface area contributed by atoms with Crippen molar-refractivity contribution in [2.45, 2.75) is 36.1 Å². The summed E-state index contributed by atoms with van der Waals surface area (Å²) in [6, 6.07) is 2.26. The molecule has 3 rings (SSSR count). The van der Waals surface area contributed by atoms with Crippen LogP contribution >= 0.6 is 27.3 Å². The first-order valence-corrected chi connectivity index (χ1v) is 9.60. The first-order chi connectivity index (χ1) is 9.00. The molecule has 2 saturated heterocycles. The lowest BCUT2D eigenvalue weighted by atomic mass is 10.1. The van der Waals surface area contributed by atoms with Crippen molar-refractivity contribution >= 4 is 37.3 Å². The molecule has 0 N–H and O–H groups in total. The van der Waals surface area contributed by atoms with Gasteiger partial charge in [0.15, 0.2) is 0 Å². The fourth-order valence-corrected chi connectivity index (χ4v) is 7.15. The number of sulfonamides is 1. The van der Waals surface area contributed by atoms with Gasteiger partial charge in [0.25, 0.3) is 10.0 Å². The second-order valence-electron chi connectivity index (χ2n) is 5.27. The van der Waals surface area contributed by atoms with E-state index in [1.54, 1.807) is 10.4 Å². The first-order valence-electron chi connectivity index (χ1n) is 6.49. The van der Waals surface area contributed by atoms with Crippen LogP contribution in [0.1, 0.15) is 19.8 Å². The minimum Gasteiger partial charge on any atom is -0.297 e. The number of hydrogen-bond acceptors (Lipinski definition) is 4. The van der Waals surface area contributed by atoms with Crippen LogP contribution in [0.4, 0.5) is 0 Å². The molecule has 3 heterocycles. The van der Waals surface area contributed by atoms with Gasteiger partial charge < -0.3 is 0 Å². The maximum absolute atomic E-state index is 12.8. The zero-order valence-corrected chi connectivity index (χ0v) is 14.0. The maximum atomic E-state index is 12.8. The third-order valence-corrected chi connectivity index (χ3v) is 8.63. The van der Waals surface area contributed by atoms with Gasteiger partial charge in [-0.3, -0.25) is 4.90 Å². The van der Waals surface area contributed by atoms with E-state index in [-0.39, 0.29) is 6.04 Å². The van der Waals surface area contributed by atoms with Crippen molar-refractivity contribution in [3.05, 3.63) is 15.9 Å². The molecule has 2 atom stereocenters. The van der Waals surface area contributed by atoms with Crippen LogP contribution in [-0.2, 0) is 10.0 Å². The lowest BCUT2D eigenvalue weighted by molar-refractivity contribution is 0.117. The molecule has 19 heavy (non-hydrogen) atoms. The topological polar surface area (TPSA) is 40.6 Å². The molecule has 1 aromatic heterocycles. The molecule has 0 bridgehead atoms. The van der Waals surface area contributed by atoms with E-state index in [0.717, 1.165) is 19.5 Å². The van der Waals surface area contributed by atoms with Crippen LogP contribution < -0.4 is 0 Å². The standard InChI is InChI=1S/C12H17BrN2O2S2/c1-9-7-14-5-2-3-10(14)8-15(9)19(16,17)12-11(13)4-6-18-12/h4,6,9-10H,2-3,5,7-8H2,1H3. The highest BCUT2D eigenvalue weighted by molar-refractivity contribution is 9.10. The molecule has 0 aromatic carbocycles. The molecule has 0 aliphatic carbocycles. The van der Waals surface area contributed by atoms with E-state index in [1.165, 1.54) is 17.8 Å². The van der Waals surface area contributed by atoms with Gasteiger partial charge in [0.05, 0.1) is 0 Å². The molecular weight excluding hydrogens is 348 g/mol. The summed E-state index contributed by atoms with van der Waals surface area (Å²) in [6.45, 7) is 4.61. The Labute approximate surface area is 126 Å². The van der Waals surface area contributed by atoms with E-state index in [4.69, 9.17) is 0 Å². The maximum Gasteiger partial charge on any atom is 0.254 e. The fraction of sp³-hybridized carbons (Fsp3) is 0.667. The highest BCUT2D eigenvalue weighted by Gasteiger charge is 2.41. The van der Waals surface area contributed by atoms with Gasteiger partial charge in [0.1, 0.15) is 4.21 Å². The third-order valence-electron chi connectivity index (χ3n) is 4.01. The SMILES string of the molecule is CC1CN2CCCC2CN1S(=O)(=O)c1sccc1Br. The molecule has 2 aliphatic rings. The zero-order valence-electron chi connectivity index (χ0n) is 10.8. The summed E-state index contributed by atoms with van der Waals surface area (Å²) in [4.78, 5) is 2.43. The third kappa shape index (κ3) is 2.40. The van der Waals surface area contributed by atoms with Crippen molar-refractivity contribution in [2.75, 3.05) is 19.6 Å². The summed E-state index contributed by atoms with van der Waals surface area (Å²) in [5.41, 5.74) is 0. The van der Waals surface area contributed by atoms with Crippen LogP contribution in [0.5, 0.6) is 0 Å². The molecule has 0 radical (unpaired) electrons. The van der Waals surface area contributed by atoms with Gasteiger partial charge in [-0.1, -0.05) is 0 Å². The number of rotatable bonds is 2. The molecule has 0 amide bonds. The summed E-state index contributed by atoms with van der Waals surface area (Å²) in [5.74, 6) is 0. The van der Waals surface area contributed by atoms with Gasteiger partial charge in [0, 0.05) is 29.6 Å². The lowest BCUT2D eigenvalue weighted by Gasteiger charge is -2.41. The Balaban J connectivity index is 1.91. The number of thiophene rings is 1. The number of piperazine rings is 1. The Morgan fingerprint density at radius 2 is 2.21 bits per heavy atom. The van der Waals surface area contributed by atoms with Crippen molar-refractivity contribution in [3.8, 4) is 0 Å². The van der Waals surface area contributed by atoms with Gasteiger partial charge in [-0.25, -0.2) is 8.42 Å². The van der Waals surface area contributed by atoms with Crippen LogP contribution in [0.25, 0.3) is 0 Å². The highest BCUT2D eigenvalue weighted by Crippen LogP contribution is 2.34. The largest absolute Gasteiger partial charge is 0.297 e. The van der Waals surface area contributed by atoms with E-state index in [9.17, 15) is 8.42 Å². The smallest absolute Gasteiger partial charge is 0.254 e. The minimum absolute atomic E-state index is 0.0494. The molecule has 0 saturated carbocycles. The van der Waals surface area contributed by atoms with Crippen LogP contribution in [0, 0.1) is 0 Å². The first kappa shape index (κ1) is 14.0. The number of halogens is 1. The van der Waals surface area contributed by atoms with Gasteiger partial charge >= 0.3 is 0 Å². The second kappa shape index (κ2) is 5.11. The Morgan fingerprint density at radius 1 is 1.42 bits per heavy atom. The number of hydrogen-bond donors (Lipinski definition) is 0. The van der Waals surface area contributed by atoms with Crippen molar-refractivity contribution in [1.82, 2.24) is 9.21 Å². The molecule has 0 spiro atoms. The Hall–Kier alpha value is 0.0500.